The molecule has 0 aromatic heterocycles. The zero-order valence-electron chi connectivity index (χ0n) is 7.40. The van der Waals surface area contributed by atoms with E-state index in [0.29, 0.717) is 0 Å². The number of aromatic hydroxyl groups is 2. The zero-order chi connectivity index (χ0) is 10.6. The summed E-state index contributed by atoms with van der Waals surface area (Å²) in [5.41, 5.74) is 0.230. The number of phenolic OH excluding ortho intramolecular Hbond substituents is 2. The highest BCUT2D eigenvalue weighted by Gasteiger charge is 2.07. The van der Waals surface area contributed by atoms with Crippen molar-refractivity contribution in [3.05, 3.63) is 23.8 Å². The second-order valence-electron chi connectivity index (χ2n) is 2.68. The van der Waals surface area contributed by atoms with Gasteiger partial charge in [0.2, 0.25) is 0 Å². The van der Waals surface area contributed by atoms with Crippen LogP contribution in [0.25, 0.3) is 0 Å². The van der Waals surface area contributed by atoms with Crippen LogP contribution in [0.5, 0.6) is 11.5 Å². The fraction of sp³-hybridized carbons (Fsp3) is 0.222. The van der Waals surface area contributed by atoms with Crippen LogP contribution in [0.1, 0.15) is 10.4 Å². The van der Waals surface area contributed by atoms with Crippen molar-refractivity contribution in [3.8, 4) is 11.5 Å². The quantitative estimate of drug-likeness (QED) is 0.506. The van der Waals surface area contributed by atoms with Crippen molar-refractivity contribution in [3.63, 3.8) is 0 Å². The Balaban J connectivity index is 2.76. The number of aliphatic hydroxyl groups excluding tert-OH is 1. The van der Waals surface area contributed by atoms with Gasteiger partial charge < -0.3 is 20.6 Å². The van der Waals surface area contributed by atoms with Crippen molar-refractivity contribution in [2.45, 2.75) is 0 Å². The van der Waals surface area contributed by atoms with E-state index in [9.17, 15) is 4.79 Å². The van der Waals surface area contributed by atoms with E-state index in [1.807, 2.05) is 0 Å². The molecule has 14 heavy (non-hydrogen) atoms. The van der Waals surface area contributed by atoms with Crippen LogP contribution in [-0.4, -0.2) is 34.4 Å². The summed E-state index contributed by atoms with van der Waals surface area (Å²) >= 11 is 0. The van der Waals surface area contributed by atoms with Gasteiger partial charge >= 0.3 is 0 Å². The molecule has 0 aliphatic heterocycles. The largest absolute Gasteiger partial charge is 0.504 e. The number of aliphatic hydroxyl groups is 1. The molecule has 0 fully saturated rings. The lowest BCUT2D eigenvalue weighted by Crippen LogP contribution is -2.26. The minimum absolute atomic E-state index is 0.143. The van der Waals surface area contributed by atoms with Crippen LogP contribution in [0.4, 0.5) is 0 Å². The van der Waals surface area contributed by atoms with Crippen LogP contribution in [0.15, 0.2) is 18.2 Å². The molecule has 0 radical (unpaired) electrons. The van der Waals surface area contributed by atoms with Crippen molar-refractivity contribution in [2.75, 3.05) is 13.2 Å². The Bertz CT molecular complexity index is 338. The maximum Gasteiger partial charge on any atom is 0.251 e. The Kier molecular flexibility index (Phi) is 3.30. The van der Waals surface area contributed by atoms with E-state index in [1.165, 1.54) is 12.1 Å². The van der Waals surface area contributed by atoms with Gasteiger partial charge in [-0.25, -0.2) is 0 Å². The lowest BCUT2D eigenvalue weighted by Gasteiger charge is -2.04. The summed E-state index contributed by atoms with van der Waals surface area (Å²) in [4.78, 5) is 11.3. The van der Waals surface area contributed by atoms with Gasteiger partial charge in [0.1, 0.15) is 0 Å². The molecule has 5 nitrogen and oxygen atoms in total. The molecule has 0 aliphatic carbocycles. The third-order valence-corrected chi connectivity index (χ3v) is 1.63. The highest BCUT2D eigenvalue weighted by molar-refractivity contribution is 5.94. The first kappa shape index (κ1) is 10.3. The summed E-state index contributed by atoms with van der Waals surface area (Å²) in [5.74, 6) is -1.03. The molecule has 0 saturated carbocycles. The van der Waals surface area contributed by atoms with E-state index >= 15 is 0 Å². The first-order valence-electron chi connectivity index (χ1n) is 4.06. The van der Waals surface area contributed by atoms with E-state index in [4.69, 9.17) is 15.3 Å². The summed E-state index contributed by atoms with van der Waals surface area (Å²) in [6, 6.07) is 3.76. The van der Waals surface area contributed by atoms with Gasteiger partial charge in [0.05, 0.1) is 6.61 Å². The second-order valence-corrected chi connectivity index (χ2v) is 2.68. The van der Waals surface area contributed by atoms with Crippen molar-refractivity contribution < 1.29 is 20.1 Å². The van der Waals surface area contributed by atoms with Gasteiger partial charge in [-0.3, -0.25) is 4.79 Å². The van der Waals surface area contributed by atoms with Gasteiger partial charge in [-0.15, -0.1) is 0 Å². The van der Waals surface area contributed by atoms with E-state index in [2.05, 4.69) is 5.32 Å². The van der Waals surface area contributed by atoms with Gasteiger partial charge in [0, 0.05) is 12.1 Å². The Morgan fingerprint density at radius 2 is 2.00 bits per heavy atom. The van der Waals surface area contributed by atoms with Crippen LogP contribution in [0, 0.1) is 0 Å². The van der Waals surface area contributed by atoms with Gasteiger partial charge in [-0.05, 0) is 18.2 Å². The molecule has 1 amide bonds. The fourth-order valence-electron chi connectivity index (χ4n) is 0.936. The van der Waals surface area contributed by atoms with Crippen LogP contribution < -0.4 is 5.32 Å². The molecule has 0 bridgehead atoms. The molecule has 1 aromatic carbocycles. The zero-order valence-corrected chi connectivity index (χ0v) is 7.40. The third kappa shape index (κ3) is 2.37. The van der Waals surface area contributed by atoms with Crippen LogP contribution in [0.2, 0.25) is 0 Å². The highest BCUT2D eigenvalue weighted by Crippen LogP contribution is 2.24. The number of hydrogen-bond donors (Lipinski definition) is 4. The first-order valence-corrected chi connectivity index (χ1v) is 4.06. The maximum absolute atomic E-state index is 11.3. The molecule has 0 saturated heterocycles. The van der Waals surface area contributed by atoms with E-state index in [0.717, 1.165) is 6.07 Å². The predicted octanol–water partition coefficient (Wildman–Crippen LogP) is -0.180. The van der Waals surface area contributed by atoms with Gasteiger partial charge in [0.25, 0.3) is 5.91 Å². The maximum atomic E-state index is 11.3. The molecule has 5 heteroatoms. The Labute approximate surface area is 80.6 Å². The molecule has 76 valence electrons. The number of rotatable bonds is 3. The summed E-state index contributed by atoms with van der Waals surface area (Å²) in [6.07, 6.45) is 0. The molecular formula is C9H11NO4. The number of carbonyl (C=O) groups is 1. The molecule has 0 heterocycles. The lowest BCUT2D eigenvalue weighted by molar-refractivity contribution is 0.0944. The number of amides is 1. The van der Waals surface area contributed by atoms with Crippen LogP contribution in [-0.2, 0) is 0 Å². The van der Waals surface area contributed by atoms with Crippen LogP contribution in [0.3, 0.4) is 0 Å². The molecule has 1 rings (SSSR count). The summed E-state index contributed by atoms with van der Waals surface area (Å²) in [7, 11) is 0. The monoisotopic (exact) mass is 197 g/mol. The number of benzene rings is 1. The first-order chi connectivity index (χ1) is 6.65. The summed E-state index contributed by atoms with van der Waals surface area (Å²) in [6.45, 7) is 0.0102. The lowest BCUT2D eigenvalue weighted by atomic mass is 10.2. The normalized spacial score (nSPS) is 9.79. The molecule has 0 atom stereocenters. The minimum atomic E-state index is -0.408. The van der Waals surface area contributed by atoms with Crippen molar-refractivity contribution in [1.82, 2.24) is 5.32 Å². The highest BCUT2D eigenvalue weighted by atomic mass is 16.3. The fourth-order valence-corrected chi connectivity index (χ4v) is 0.936. The minimum Gasteiger partial charge on any atom is -0.504 e. The summed E-state index contributed by atoms with van der Waals surface area (Å²) < 4.78 is 0. The number of carbonyl (C=O) groups excluding carboxylic acids is 1. The average Bonchev–Trinajstić information content (AvgIpc) is 2.18. The standard InChI is InChI=1S/C9H11NO4/c11-4-3-10-9(14)6-1-2-7(12)8(13)5-6/h1-2,5,11-13H,3-4H2,(H,10,14). The van der Waals surface area contributed by atoms with E-state index < -0.39 is 5.91 Å². The number of nitrogens with one attached hydrogen (secondary N) is 1. The molecule has 0 spiro atoms. The van der Waals surface area contributed by atoms with Crippen LogP contribution >= 0.6 is 0 Å². The Morgan fingerprint density at radius 1 is 1.29 bits per heavy atom. The van der Waals surface area contributed by atoms with Crippen molar-refractivity contribution in [1.29, 1.82) is 0 Å². The average molecular weight is 197 g/mol. The number of hydrogen-bond acceptors (Lipinski definition) is 4. The predicted molar refractivity (Wildman–Crippen MR) is 49.2 cm³/mol. The van der Waals surface area contributed by atoms with Crippen molar-refractivity contribution >= 4 is 5.91 Å². The molecule has 1 aromatic rings. The van der Waals surface area contributed by atoms with E-state index in [-0.39, 0.29) is 30.2 Å². The molecule has 0 aliphatic rings. The Morgan fingerprint density at radius 3 is 2.57 bits per heavy atom. The van der Waals surface area contributed by atoms with Gasteiger partial charge in [0.15, 0.2) is 11.5 Å². The Hall–Kier alpha value is -1.75. The van der Waals surface area contributed by atoms with Crippen molar-refractivity contribution in [2.24, 2.45) is 0 Å². The smallest absolute Gasteiger partial charge is 0.251 e. The van der Waals surface area contributed by atoms with Gasteiger partial charge in [-0.2, -0.15) is 0 Å². The topological polar surface area (TPSA) is 89.8 Å². The SMILES string of the molecule is O=C(NCCO)c1ccc(O)c(O)c1. The van der Waals surface area contributed by atoms with Gasteiger partial charge in [-0.1, -0.05) is 0 Å². The second kappa shape index (κ2) is 4.48. The number of phenols is 2. The molecule has 4 N–H and O–H groups in total. The molecular weight excluding hydrogens is 186 g/mol. The third-order valence-electron chi connectivity index (χ3n) is 1.63. The summed E-state index contributed by atoms with van der Waals surface area (Å²) in [5, 5.41) is 28.9. The molecule has 0 unspecified atom stereocenters. The van der Waals surface area contributed by atoms with E-state index in [1.54, 1.807) is 0 Å².